The van der Waals surface area contributed by atoms with E-state index in [1.54, 1.807) is 0 Å². The number of amides is 1. The molecule has 0 aromatic carbocycles. The third-order valence-corrected chi connectivity index (χ3v) is 3.12. The lowest BCUT2D eigenvalue weighted by atomic mass is 9.98. The Bertz CT molecular complexity index is 293. The molecule has 5 N–H and O–H groups in total. The van der Waals surface area contributed by atoms with Crippen LogP contribution in [0, 0.1) is 5.92 Å². The van der Waals surface area contributed by atoms with E-state index in [1.165, 1.54) is 0 Å². The summed E-state index contributed by atoms with van der Waals surface area (Å²) >= 11 is 0. The highest BCUT2D eigenvalue weighted by atomic mass is 16.6. The van der Waals surface area contributed by atoms with Crippen LogP contribution in [0.25, 0.3) is 0 Å². The van der Waals surface area contributed by atoms with Gasteiger partial charge in [0.25, 0.3) is 0 Å². The summed E-state index contributed by atoms with van der Waals surface area (Å²) in [6.45, 7) is -0.499. The third-order valence-electron chi connectivity index (χ3n) is 3.12. The van der Waals surface area contributed by atoms with E-state index in [2.05, 4.69) is 5.32 Å². The fourth-order valence-electron chi connectivity index (χ4n) is 1.82. The number of carbonyl (C=O) groups is 1. The van der Waals surface area contributed by atoms with Gasteiger partial charge in [-0.25, -0.2) is 0 Å². The lowest BCUT2D eigenvalue weighted by molar-refractivity contribution is -0.236. The topological polar surface area (TPSA) is 119 Å². The molecule has 0 spiro atoms. The molecule has 0 bridgehead atoms. The normalized spacial score (nSPS) is 42.2. The number of rotatable bonds is 3. The van der Waals surface area contributed by atoms with Gasteiger partial charge >= 0.3 is 0 Å². The second-order valence-corrected chi connectivity index (χ2v) is 4.53. The Morgan fingerprint density at radius 1 is 1.18 bits per heavy atom. The van der Waals surface area contributed by atoms with Gasteiger partial charge in [0.15, 0.2) is 6.23 Å². The second-order valence-electron chi connectivity index (χ2n) is 4.53. The molecule has 2 aliphatic rings. The number of hydrogen-bond acceptors (Lipinski definition) is 6. The minimum atomic E-state index is -1.45. The minimum Gasteiger partial charge on any atom is -0.394 e. The molecule has 7 heteroatoms. The van der Waals surface area contributed by atoms with Crippen LogP contribution in [0.15, 0.2) is 0 Å². The Balaban J connectivity index is 1.97. The lowest BCUT2D eigenvalue weighted by Gasteiger charge is -2.40. The highest BCUT2D eigenvalue weighted by Crippen LogP contribution is 2.29. The van der Waals surface area contributed by atoms with Crippen LogP contribution in [0.4, 0.5) is 0 Å². The molecule has 7 nitrogen and oxygen atoms in total. The van der Waals surface area contributed by atoms with Crippen molar-refractivity contribution >= 4 is 5.91 Å². The zero-order valence-corrected chi connectivity index (χ0v) is 9.19. The Kier molecular flexibility index (Phi) is 3.64. The molecule has 0 radical (unpaired) electrons. The summed E-state index contributed by atoms with van der Waals surface area (Å²) in [5.41, 5.74) is 0. The maximum absolute atomic E-state index is 11.5. The molecule has 1 saturated carbocycles. The molecule has 0 unspecified atom stereocenters. The number of carbonyl (C=O) groups excluding carboxylic acids is 1. The van der Waals surface area contributed by atoms with Crippen LogP contribution >= 0.6 is 0 Å². The maximum atomic E-state index is 11.5. The van der Waals surface area contributed by atoms with E-state index >= 15 is 0 Å². The highest BCUT2D eigenvalue weighted by molar-refractivity contribution is 5.81. The Morgan fingerprint density at radius 2 is 1.82 bits per heavy atom. The average Bonchev–Trinajstić information content (AvgIpc) is 3.13. The van der Waals surface area contributed by atoms with Gasteiger partial charge in [0.2, 0.25) is 5.91 Å². The predicted octanol–water partition coefficient (Wildman–Crippen LogP) is -2.69. The predicted molar refractivity (Wildman–Crippen MR) is 54.6 cm³/mol. The number of nitrogens with one attached hydrogen (secondary N) is 1. The van der Waals surface area contributed by atoms with Gasteiger partial charge in [-0.05, 0) is 12.8 Å². The maximum Gasteiger partial charge on any atom is 0.225 e. The van der Waals surface area contributed by atoms with Gasteiger partial charge < -0.3 is 30.5 Å². The van der Waals surface area contributed by atoms with Gasteiger partial charge in [0, 0.05) is 5.92 Å². The Labute approximate surface area is 98.0 Å². The van der Waals surface area contributed by atoms with E-state index in [0.717, 1.165) is 12.8 Å². The molecule has 1 amide bonds. The van der Waals surface area contributed by atoms with Gasteiger partial charge in [0.1, 0.15) is 24.4 Å². The summed E-state index contributed by atoms with van der Waals surface area (Å²) in [5.74, 6) is -0.295. The monoisotopic (exact) mass is 247 g/mol. The first-order valence-corrected chi connectivity index (χ1v) is 5.65. The molecule has 1 saturated heterocycles. The highest BCUT2D eigenvalue weighted by Gasteiger charge is 2.45. The number of hydrogen-bond donors (Lipinski definition) is 5. The van der Waals surface area contributed by atoms with E-state index < -0.39 is 37.3 Å². The van der Waals surface area contributed by atoms with E-state index in [-0.39, 0.29) is 11.8 Å². The van der Waals surface area contributed by atoms with Crippen molar-refractivity contribution in [3.8, 4) is 0 Å². The zero-order chi connectivity index (χ0) is 12.6. The summed E-state index contributed by atoms with van der Waals surface area (Å²) < 4.78 is 5.14. The van der Waals surface area contributed by atoms with E-state index in [1.807, 2.05) is 0 Å². The summed E-state index contributed by atoms with van der Waals surface area (Å²) in [7, 11) is 0. The average molecular weight is 247 g/mol. The van der Waals surface area contributed by atoms with Crippen LogP contribution < -0.4 is 5.32 Å². The third kappa shape index (κ3) is 2.58. The Morgan fingerprint density at radius 3 is 2.35 bits per heavy atom. The minimum absolute atomic E-state index is 0.0534. The lowest BCUT2D eigenvalue weighted by Crippen LogP contribution is -2.63. The summed E-state index contributed by atoms with van der Waals surface area (Å²) in [5, 5.41) is 40.1. The summed E-state index contributed by atoms with van der Waals surface area (Å²) in [6, 6.07) is 0. The number of aliphatic hydroxyl groups is 4. The van der Waals surface area contributed by atoms with Crippen molar-refractivity contribution in [3.05, 3.63) is 0 Å². The summed E-state index contributed by atoms with van der Waals surface area (Å²) in [6.07, 6.45) is -4.73. The standard InChI is InChI=1S/C10H17NO6/c12-3-5-6(13)7(14)8(15)10(17-5)11-9(16)4-1-2-4/h4-8,10,12-15H,1-3H2,(H,11,16)/t5-,6-,7+,8-,10-/m1/s1. The molecular weight excluding hydrogens is 230 g/mol. The van der Waals surface area contributed by atoms with Crippen molar-refractivity contribution in [1.29, 1.82) is 0 Å². The van der Waals surface area contributed by atoms with E-state index in [9.17, 15) is 20.1 Å². The molecule has 0 aromatic rings. The molecule has 98 valence electrons. The first-order chi connectivity index (χ1) is 8.04. The molecule has 2 rings (SSSR count). The fourth-order valence-corrected chi connectivity index (χ4v) is 1.82. The first kappa shape index (κ1) is 12.7. The molecule has 17 heavy (non-hydrogen) atoms. The summed E-state index contributed by atoms with van der Waals surface area (Å²) in [4.78, 5) is 11.5. The van der Waals surface area contributed by atoms with Crippen LogP contribution in [0.5, 0.6) is 0 Å². The van der Waals surface area contributed by atoms with Gasteiger partial charge in [0.05, 0.1) is 6.61 Å². The molecule has 1 aliphatic carbocycles. The van der Waals surface area contributed by atoms with E-state index in [0.29, 0.717) is 0 Å². The van der Waals surface area contributed by atoms with Crippen molar-refractivity contribution < 1.29 is 30.0 Å². The SMILES string of the molecule is O=C(N[C@@H]1O[C@H](CO)[C@@H](O)[C@H](O)[C@H]1O)C1CC1. The van der Waals surface area contributed by atoms with Crippen molar-refractivity contribution in [2.45, 2.75) is 43.5 Å². The quantitative estimate of drug-likeness (QED) is 0.370. The van der Waals surface area contributed by atoms with Crippen LogP contribution in [-0.4, -0.2) is 63.6 Å². The van der Waals surface area contributed by atoms with Crippen LogP contribution in [0.3, 0.4) is 0 Å². The number of ether oxygens (including phenoxy) is 1. The largest absolute Gasteiger partial charge is 0.394 e. The molecule has 0 aromatic heterocycles. The van der Waals surface area contributed by atoms with Crippen LogP contribution in [0.1, 0.15) is 12.8 Å². The van der Waals surface area contributed by atoms with Gasteiger partial charge in [-0.2, -0.15) is 0 Å². The van der Waals surface area contributed by atoms with Crippen molar-refractivity contribution in [2.75, 3.05) is 6.61 Å². The second kappa shape index (κ2) is 4.87. The van der Waals surface area contributed by atoms with Crippen LogP contribution in [-0.2, 0) is 9.53 Å². The van der Waals surface area contributed by atoms with Crippen molar-refractivity contribution in [1.82, 2.24) is 5.32 Å². The molecule has 5 atom stereocenters. The van der Waals surface area contributed by atoms with Gasteiger partial charge in [-0.15, -0.1) is 0 Å². The number of aliphatic hydroxyl groups excluding tert-OH is 4. The zero-order valence-electron chi connectivity index (χ0n) is 9.19. The molecule has 1 heterocycles. The Hall–Kier alpha value is -0.730. The molecule has 1 aliphatic heterocycles. The van der Waals surface area contributed by atoms with Crippen molar-refractivity contribution in [2.24, 2.45) is 5.92 Å². The molecule has 2 fully saturated rings. The first-order valence-electron chi connectivity index (χ1n) is 5.65. The van der Waals surface area contributed by atoms with Gasteiger partial charge in [-0.3, -0.25) is 4.79 Å². The van der Waals surface area contributed by atoms with Gasteiger partial charge in [-0.1, -0.05) is 0 Å². The van der Waals surface area contributed by atoms with E-state index in [4.69, 9.17) is 9.84 Å². The molecular formula is C10H17NO6. The fraction of sp³-hybridized carbons (Fsp3) is 0.900. The smallest absolute Gasteiger partial charge is 0.225 e. The van der Waals surface area contributed by atoms with Crippen LogP contribution in [0.2, 0.25) is 0 Å². The van der Waals surface area contributed by atoms with Crippen molar-refractivity contribution in [3.63, 3.8) is 0 Å².